The Morgan fingerprint density at radius 1 is 0.710 bits per heavy atom. The molecule has 0 aromatic heterocycles. The maximum atomic E-state index is 14.0. The number of benzene rings is 1. The largest absolute Gasteiger partial charge is 0.423 e. The van der Waals surface area contributed by atoms with Crippen molar-refractivity contribution in [1.29, 1.82) is 0 Å². The van der Waals surface area contributed by atoms with Crippen LogP contribution in [0.15, 0.2) is 46.7 Å². The molecule has 170 valence electrons. The first-order valence-corrected chi connectivity index (χ1v) is 10.1. The second-order valence-electron chi connectivity index (χ2n) is 9.38. The van der Waals surface area contributed by atoms with E-state index in [-0.39, 0.29) is 21.2 Å². The van der Waals surface area contributed by atoms with Crippen molar-refractivity contribution in [2.24, 2.45) is 5.41 Å². The molecule has 0 saturated carbocycles. The van der Waals surface area contributed by atoms with Crippen molar-refractivity contribution in [1.82, 2.24) is 0 Å². The van der Waals surface area contributed by atoms with E-state index in [9.17, 15) is 26.3 Å². The van der Waals surface area contributed by atoms with Crippen molar-refractivity contribution in [2.75, 3.05) is 0 Å². The predicted molar refractivity (Wildman–Crippen MR) is 113 cm³/mol. The standard InChI is InChI=1S/C23H22Cl2F6/c1-20(2,3)12-7-14(22(26,27)28)8-15(16(9-12)23(29,30)31)19-17(24)10-13(11-18(19)25)21(4,5)6/h7,9-11H,1-6H3. The quantitative estimate of drug-likeness (QED) is 0.276. The van der Waals surface area contributed by atoms with E-state index < -0.39 is 39.9 Å². The van der Waals surface area contributed by atoms with Gasteiger partial charge in [0.1, 0.15) is 0 Å². The predicted octanol–water partition coefficient (Wildman–Crippen LogP) is 9.24. The fourth-order valence-electron chi connectivity index (χ4n) is 2.91. The van der Waals surface area contributed by atoms with Crippen molar-refractivity contribution in [3.05, 3.63) is 67.9 Å². The summed E-state index contributed by atoms with van der Waals surface area (Å²) in [5.74, 6) is 0. The molecule has 0 saturated heterocycles. The Bertz CT molecular complexity index is 993. The molecule has 0 radical (unpaired) electrons. The molecule has 0 aliphatic heterocycles. The average molecular weight is 483 g/mol. The molecule has 0 heterocycles. The zero-order valence-electron chi connectivity index (χ0n) is 17.8. The maximum Gasteiger partial charge on any atom is 0.423 e. The Morgan fingerprint density at radius 2 is 1.19 bits per heavy atom. The van der Waals surface area contributed by atoms with Gasteiger partial charge in [-0.3, -0.25) is 0 Å². The summed E-state index contributed by atoms with van der Waals surface area (Å²) in [6.45, 7) is 10.1. The molecule has 1 aromatic rings. The lowest BCUT2D eigenvalue weighted by Crippen LogP contribution is -2.17. The lowest BCUT2D eigenvalue weighted by atomic mass is 9.83. The van der Waals surface area contributed by atoms with Crippen molar-refractivity contribution in [3.8, 4) is 0 Å². The summed E-state index contributed by atoms with van der Waals surface area (Å²) in [5, 5.41) is -0.369. The van der Waals surface area contributed by atoms with Crippen LogP contribution < -0.4 is 0 Å². The Kier molecular flexibility index (Phi) is 6.67. The van der Waals surface area contributed by atoms with Gasteiger partial charge in [0, 0.05) is 11.1 Å². The van der Waals surface area contributed by atoms with Crippen LogP contribution in [0, 0.1) is 5.41 Å². The molecule has 0 N–H and O–H groups in total. The molecule has 0 fully saturated rings. The topological polar surface area (TPSA) is 0 Å². The third kappa shape index (κ3) is 5.79. The van der Waals surface area contributed by atoms with Gasteiger partial charge < -0.3 is 0 Å². The summed E-state index contributed by atoms with van der Waals surface area (Å²) in [7, 11) is 0. The molecule has 2 rings (SSSR count). The Balaban J connectivity index is 3.00. The highest BCUT2D eigenvalue weighted by Crippen LogP contribution is 2.47. The van der Waals surface area contributed by atoms with E-state index in [0.717, 1.165) is 0 Å². The van der Waals surface area contributed by atoms with Crippen molar-refractivity contribution in [3.63, 3.8) is 0 Å². The maximum absolute atomic E-state index is 14.0. The molecule has 1 aromatic carbocycles. The van der Waals surface area contributed by atoms with Crippen LogP contribution in [0.4, 0.5) is 26.3 Å². The van der Waals surface area contributed by atoms with Crippen molar-refractivity contribution in [2.45, 2.75) is 59.3 Å². The van der Waals surface area contributed by atoms with Gasteiger partial charge in [0.15, 0.2) is 0 Å². The molecule has 0 bridgehead atoms. The van der Waals surface area contributed by atoms with Gasteiger partial charge >= 0.3 is 12.4 Å². The Labute approximate surface area is 187 Å². The SMILES string of the molecule is CC(C)(C)C1=CC(C(F)(F)F)=C=C(c2c(Cl)cc(C(C)(C)C)cc2Cl)C(C(F)(F)F)=C1. The third-order valence-electron chi connectivity index (χ3n) is 4.76. The van der Waals surface area contributed by atoms with Crippen LogP contribution in [0.25, 0.3) is 5.57 Å². The molecule has 1 aliphatic rings. The number of alkyl halides is 6. The minimum Gasteiger partial charge on any atom is -0.166 e. The summed E-state index contributed by atoms with van der Waals surface area (Å²) < 4.78 is 83.2. The lowest BCUT2D eigenvalue weighted by molar-refractivity contribution is -0.0891. The van der Waals surface area contributed by atoms with E-state index in [4.69, 9.17) is 23.2 Å². The van der Waals surface area contributed by atoms with Gasteiger partial charge in [-0.2, -0.15) is 26.3 Å². The van der Waals surface area contributed by atoms with E-state index >= 15 is 0 Å². The number of rotatable bonds is 1. The van der Waals surface area contributed by atoms with E-state index in [1.165, 1.54) is 32.9 Å². The minimum absolute atomic E-state index is 0.145. The van der Waals surface area contributed by atoms with E-state index in [0.29, 0.717) is 17.7 Å². The normalized spacial score (nSPS) is 16.3. The van der Waals surface area contributed by atoms with Gasteiger partial charge in [-0.05, 0) is 46.3 Å². The lowest BCUT2D eigenvalue weighted by Gasteiger charge is -2.24. The molecule has 1 aliphatic carbocycles. The van der Waals surface area contributed by atoms with Crippen molar-refractivity contribution >= 4 is 28.8 Å². The van der Waals surface area contributed by atoms with E-state index in [1.807, 2.05) is 26.5 Å². The number of hydrogen-bond donors (Lipinski definition) is 0. The molecule has 0 spiro atoms. The second-order valence-corrected chi connectivity index (χ2v) is 10.2. The molecule has 0 amide bonds. The molecule has 0 atom stereocenters. The molecule has 8 heteroatoms. The zero-order chi connectivity index (χ0) is 24.2. The van der Waals surface area contributed by atoms with Gasteiger partial charge in [0.2, 0.25) is 0 Å². The van der Waals surface area contributed by atoms with Gasteiger partial charge in [-0.15, -0.1) is 0 Å². The second kappa shape index (κ2) is 8.06. The van der Waals surface area contributed by atoms with Crippen LogP contribution in [0.2, 0.25) is 10.0 Å². The smallest absolute Gasteiger partial charge is 0.166 e. The van der Waals surface area contributed by atoms with Crippen LogP contribution >= 0.6 is 23.2 Å². The van der Waals surface area contributed by atoms with Gasteiger partial charge in [0.25, 0.3) is 0 Å². The average Bonchev–Trinajstić information content (AvgIpc) is 2.72. The molecule has 0 nitrogen and oxygen atoms in total. The summed E-state index contributed by atoms with van der Waals surface area (Å²) >= 11 is 12.6. The number of allylic oxidation sites excluding steroid dienone is 5. The van der Waals surface area contributed by atoms with Crippen molar-refractivity contribution < 1.29 is 26.3 Å². The van der Waals surface area contributed by atoms with Crippen LogP contribution in [0.1, 0.15) is 52.7 Å². The summed E-state index contributed by atoms with van der Waals surface area (Å²) in [6, 6.07) is 2.84. The highest BCUT2D eigenvalue weighted by atomic mass is 35.5. The monoisotopic (exact) mass is 482 g/mol. The first kappa shape index (κ1) is 25.6. The van der Waals surface area contributed by atoms with Crippen LogP contribution in [0.3, 0.4) is 0 Å². The number of halogens is 8. The molecular weight excluding hydrogens is 461 g/mol. The van der Waals surface area contributed by atoms with E-state index in [2.05, 4.69) is 0 Å². The number of hydrogen-bond acceptors (Lipinski definition) is 0. The fraction of sp³-hybridized carbons (Fsp3) is 0.435. The zero-order valence-corrected chi connectivity index (χ0v) is 19.3. The highest BCUT2D eigenvalue weighted by Gasteiger charge is 2.42. The first-order chi connectivity index (χ1) is 13.7. The Morgan fingerprint density at radius 3 is 1.55 bits per heavy atom. The van der Waals surface area contributed by atoms with Gasteiger partial charge in [0.05, 0.1) is 21.2 Å². The minimum atomic E-state index is -4.97. The molecule has 31 heavy (non-hydrogen) atoms. The van der Waals surface area contributed by atoms with Gasteiger partial charge in [-0.25, -0.2) is 0 Å². The molecule has 0 unspecified atom stereocenters. The molecular formula is C23H22Cl2F6. The summed E-state index contributed by atoms with van der Waals surface area (Å²) in [6.07, 6.45) is -8.50. The highest BCUT2D eigenvalue weighted by molar-refractivity contribution is 6.38. The van der Waals surface area contributed by atoms with Crippen LogP contribution in [-0.2, 0) is 5.41 Å². The van der Waals surface area contributed by atoms with Gasteiger partial charge in [-0.1, -0.05) is 70.5 Å². The first-order valence-electron chi connectivity index (χ1n) is 9.32. The van der Waals surface area contributed by atoms with Crippen LogP contribution in [-0.4, -0.2) is 12.4 Å². The third-order valence-corrected chi connectivity index (χ3v) is 5.36. The Hall–Kier alpha value is -1.62. The van der Waals surface area contributed by atoms with Crippen LogP contribution in [0.5, 0.6) is 0 Å². The van der Waals surface area contributed by atoms with E-state index in [1.54, 1.807) is 0 Å². The summed E-state index contributed by atoms with van der Waals surface area (Å²) in [4.78, 5) is 0. The fourth-order valence-corrected chi connectivity index (χ4v) is 3.59. The summed E-state index contributed by atoms with van der Waals surface area (Å²) in [5.41, 5.74) is -2.80.